The third-order valence-corrected chi connectivity index (χ3v) is 5.51. The van der Waals surface area contributed by atoms with E-state index >= 15 is 0 Å². The minimum Gasteiger partial charge on any atom is -0.493 e. The lowest BCUT2D eigenvalue weighted by Crippen LogP contribution is -2.08. The van der Waals surface area contributed by atoms with Crippen molar-refractivity contribution in [1.29, 1.82) is 0 Å². The molecule has 0 amide bonds. The van der Waals surface area contributed by atoms with Gasteiger partial charge < -0.3 is 18.6 Å². The molecule has 1 aromatic heterocycles. The van der Waals surface area contributed by atoms with Crippen LogP contribution in [0.15, 0.2) is 70.8 Å². The van der Waals surface area contributed by atoms with E-state index in [-0.39, 0.29) is 23.1 Å². The van der Waals surface area contributed by atoms with Crippen LogP contribution in [0.4, 0.5) is 0 Å². The predicted molar refractivity (Wildman–Crippen MR) is 123 cm³/mol. The summed E-state index contributed by atoms with van der Waals surface area (Å²) in [7, 11) is 1.53. The Morgan fingerprint density at radius 1 is 0.970 bits per heavy atom. The number of allylic oxidation sites excluding steroid dienone is 1. The molecule has 1 aliphatic heterocycles. The number of benzene rings is 3. The lowest BCUT2D eigenvalue weighted by Gasteiger charge is -2.09. The van der Waals surface area contributed by atoms with Gasteiger partial charge in [-0.25, -0.2) is 4.79 Å². The van der Waals surface area contributed by atoms with Gasteiger partial charge in [0.15, 0.2) is 17.1 Å². The fourth-order valence-corrected chi connectivity index (χ4v) is 3.84. The minimum absolute atomic E-state index is 0.0476. The normalized spacial score (nSPS) is 13.8. The first-order valence-corrected chi connectivity index (χ1v) is 10.4. The van der Waals surface area contributed by atoms with Crippen LogP contribution in [0.5, 0.6) is 17.2 Å². The second-order valence-electron chi connectivity index (χ2n) is 7.80. The highest BCUT2D eigenvalue weighted by molar-refractivity contribution is 6.15. The Morgan fingerprint density at radius 2 is 1.79 bits per heavy atom. The van der Waals surface area contributed by atoms with E-state index in [1.54, 1.807) is 37.3 Å². The van der Waals surface area contributed by atoms with E-state index in [0.717, 1.165) is 16.5 Å². The molecule has 1 aliphatic rings. The number of hydrogen-bond acceptors (Lipinski definition) is 6. The average molecular weight is 440 g/mol. The van der Waals surface area contributed by atoms with Crippen molar-refractivity contribution in [1.82, 2.24) is 0 Å². The van der Waals surface area contributed by atoms with Crippen molar-refractivity contribution < 1.29 is 28.2 Å². The molecular formula is C27H20O6. The standard InChI is InChI=1S/C27H20O6/c1-15-6-4-7-17(12-15)13-22-24(28)19-10-11-20(16(2)25(19)31-22)33-27(29)23-14-18-8-5-9-21(30-3)26(18)32-23/h4-14H,1-3H3/b22-13-. The summed E-state index contributed by atoms with van der Waals surface area (Å²) in [5, 5.41) is 0.729. The quantitative estimate of drug-likeness (QED) is 0.224. The van der Waals surface area contributed by atoms with E-state index in [9.17, 15) is 9.59 Å². The second-order valence-corrected chi connectivity index (χ2v) is 7.80. The summed E-state index contributed by atoms with van der Waals surface area (Å²) >= 11 is 0. The molecule has 0 saturated carbocycles. The Kier molecular flexibility index (Phi) is 4.98. The number of furan rings is 1. The largest absolute Gasteiger partial charge is 0.493 e. The van der Waals surface area contributed by atoms with Gasteiger partial charge in [-0.1, -0.05) is 42.0 Å². The van der Waals surface area contributed by atoms with Crippen LogP contribution in [0.3, 0.4) is 0 Å². The zero-order valence-electron chi connectivity index (χ0n) is 18.3. The first-order valence-electron chi connectivity index (χ1n) is 10.4. The molecule has 0 saturated heterocycles. The molecule has 0 aliphatic carbocycles. The molecule has 164 valence electrons. The third kappa shape index (κ3) is 3.65. The second kappa shape index (κ2) is 7.98. The molecule has 0 fully saturated rings. The van der Waals surface area contributed by atoms with Gasteiger partial charge in [0.05, 0.1) is 12.7 Å². The number of ether oxygens (including phenoxy) is 3. The van der Waals surface area contributed by atoms with Crippen LogP contribution >= 0.6 is 0 Å². The molecule has 0 N–H and O–H groups in total. The first-order chi connectivity index (χ1) is 15.9. The van der Waals surface area contributed by atoms with Gasteiger partial charge >= 0.3 is 5.97 Å². The van der Waals surface area contributed by atoms with Crippen molar-refractivity contribution in [3.8, 4) is 17.2 Å². The number of ketones is 1. The average Bonchev–Trinajstić information content (AvgIpc) is 3.38. The highest BCUT2D eigenvalue weighted by Crippen LogP contribution is 2.39. The molecule has 0 atom stereocenters. The summed E-state index contributed by atoms with van der Waals surface area (Å²) in [5.74, 6) is 0.609. The molecule has 33 heavy (non-hydrogen) atoms. The van der Waals surface area contributed by atoms with E-state index in [1.807, 2.05) is 43.3 Å². The number of fused-ring (bicyclic) bond motifs is 2. The van der Waals surface area contributed by atoms with Crippen molar-refractivity contribution in [2.24, 2.45) is 0 Å². The highest BCUT2D eigenvalue weighted by Gasteiger charge is 2.31. The molecule has 5 rings (SSSR count). The third-order valence-electron chi connectivity index (χ3n) is 5.51. The first kappa shape index (κ1) is 20.6. The minimum atomic E-state index is -0.656. The molecule has 0 bridgehead atoms. The zero-order valence-corrected chi connectivity index (χ0v) is 18.3. The van der Waals surface area contributed by atoms with E-state index < -0.39 is 5.97 Å². The SMILES string of the molecule is COc1cccc2cc(C(=O)Oc3ccc4c(c3C)O/C(=C\c3cccc(C)c3)C4=O)oc12. The maximum Gasteiger partial charge on any atom is 0.379 e. The number of para-hydroxylation sites is 1. The smallest absolute Gasteiger partial charge is 0.379 e. The number of carbonyl (C=O) groups is 2. The number of methoxy groups -OCH3 is 1. The molecule has 0 radical (unpaired) electrons. The topological polar surface area (TPSA) is 75.0 Å². The fourth-order valence-electron chi connectivity index (χ4n) is 3.84. The maximum atomic E-state index is 12.8. The number of hydrogen-bond donors (Lipinski definition) is 0. The van der Waals surface area contributed by atoms with Gasteiger partial charge in [-0.3, -0.25) is 4.79 Å². The van der Waals surface area contributed by atoms with Gasteiger partial charge in [0.25, 0.3) is 0 Å². The van der Waals surface area contributed by atoms with E-state index in [0.29, 0.717) is 28.2 Å². The lowest BCUT2D eigenvalue weighted by molar-refractivity contribution is 0.0702. The van der Waals surface area contributed by atoms with Gasteiger partial charge in [-0.15, -0.1) is 0 Å². The molecule has 6 heteroatoms. The van der Waals surface area contributed by atoms with E-state index in [1.165, 1.54) is 7.11 Å². The van der Waals surface area contributed by atoms with Gasteiger partial charge in [0.2, 0.25) is 11.5 Å². The lowest BCUT2D eigenvalue weighted by atomic mass is 10.1. The zero-order chi connectivity index (χ0) is 23.1. The summed E-state index contributed by atoms with van der Waals surface area (Å²) in [6, 6.07) is 18.0. The Balaban J connectivity index is 1.42. The number of aryl methyl sites for hydroxylation is 1. The molecular weight excluding hydrogens is 420 g/mol. The summed E-state index contributed by atoms with van der Waals surface area (Å²) in [5.41, 5.74) is 3.41. The number of carbonyl (C=O) groups excluding carboxylic acids is 2. The van der Waals surface area contributed by atoms with Crippen LogP contribution < -0.4 is 14.2 Å². The van der Waals surface area contributed by atoms with Crippen LogP contribution in [0.1, 0.15) is 37.6 Å². The summed E-state index contributed by atoms with van der Waals surface area (Å²) < 4.78 is 22.4. The monoisotopic (exact) mass is 440 g/mol. The fraction of sp³-hybridized carbons (Fsp3) is 0.111. The summed E-state index contributed by atoms with van der Waals surface area (Å²) in [6.07, 6.45) is 1.71. The van der Waals surface area contributed by atoms with Crippen molar-refractivity contribution in [3.05, 3.63) is 94.4 Å². The predicted octanol–water partition coefficient (Wildman–Crippen LogP) is 5.89. The van der Waals surface area contributed by atoms with E-state index in [4.69, 9.17) is 18.6 Å². The van der Waals surface area contributed by atoms with Gasteiger partial charge in [0.1, 0.15) is 11.5 Å². The van der Waals surface area contributed by atoms with Crippen molar-refractivity contribution in [2.45, 2.75) is 13.8 Å². The van der Waals surface area contributed by atoms with Crippen LogP contribution in [0.25, 0.3) is 17.0 Å². The number of rotatable bonds is 4. The Labute approximate surface area is 190 Å². The van der Waals surface area contributed by atoms with Gasteiger partial charge in [-0.2, -0.15) is 0 Å². The summed E-state index contributed by atoms with van der Waals surface area (Å²) in [6.45, 7) is 3.73. The molecule has 0 unspecified atom stereocenters. The van der Waals surface area contributed by atoms with Crippen molar-refractivity contribution in [3.63, 3.8) is 0 Å². The van der Waals surface area contributed by atoms with Crippen LogP contribution in [-0.2, 0) is 0 Å². The van der Waals surface area contributed by atoms with Crippen LogP contribution in [0.2, 0.25) is 0 Å². The summed E-state index contributed by atoms with van der Waals surface area (Å²) in [4.78, 5) is 25.6. The maximum absolute atomic E-state index is 12.8. The molecule has 6 nitrogen and oxygen atoms in total. The molecule has 3 aromatic carbocycles. The number of Topliss-reactive ketones (excluding diaryl/α,β-unsaturated/α-hetero) is 1. The Morgan fingerprint density at radius 3 is 2.58 bits per heavy atom. The number of esters is 1. The van der Waals surface area contributed by atoms with Gasteiger partial charge in [-0.05, 0) is 49.8 Å². The van der Waals surface area contributed by atoms with Crippen molar-refractivity contribution in [2.75, 3.05) is 7.11 Å². The van der Waals surface area contributed by atoms with E-state index in [2.05, 4.69) is 0 Å². The van der Waals surface area contributed by atoms with Crippen LogP contribution in [0, 0.1) is 13.8 Å². The molecule has 0 spiro atoms. The van der Waals surface area contributed by atoms with Crippen LogP contribution in [-0.4, -0.2) is 18.9 Å². The molecule has 4 aromatic rings. The highest BCUT2D eigenvalue weighted by atomic mass is 16.6. The Hall–Kier alpha value is -4.32. The Bertz CT molecular complexity index is 1460. The van der Waals surface area contributed by atoms with Gasteiger partial charge in [0, 0.05) is 10.9 Å². The van der Waals surface area contributed by atoms with Crippen molar-refractivity contribution >= 4 is 28.8 Å². The molecule has 2 heterocycles.